The van der Waals surface area contributed by atoms with Gasteiger partial charge in [0.25, 0.3) is 0 Å². The molecule has 1 unspecified atom stereocenters. The zero-order chi connectivity index (χ0) is 14.0. The number of carbonyl (C=O) groups excluding carboxylic acids is 1. The van der Waals surface area contributed by atoms with E-state index in [-0.39, 0.29) is 6.61 Å². The maximum atomic E-state index is 12.9. The Bertz CT molecular complexity index is 344. The highest BCUT2D eigenvalue weighted by Gasteiger charge is 2.62. The van der Waals surface area contributed by atoms with E-state index in [4.69, 9.17) is 4.74 Å². The van der Waals surface area contributed by atoms with Crippen molar-refractivity contribution in [1.29, 1.82) is 0 Å². The van der Waals surface area contributed by atoms with Gasteiger partial charge in [-0.2, -0.15) is 22.0 Å². The van der Waals surface area contributed by atoms with E-state index in [2.05, 4.69) is 4.74 Å². The molecule has 18 heavy (non-hydrogen) atoms. The molecule has 1 fully saturated rings. The number of rotatable bonds is 4. The normalized spacial score (nSPS) is 21.4. The maximum Gasteiger partial charge on any atom is 0.458 e. The number of carbonyl (C=O) groups is 1. The number of halogens is 5. The smallest absolute Gasteiger partial charge is 0.458 e. The van der Waals surface area contributed by atoms with E-state index in [0.717, 1.165) is 6.92 Å². The van der Waals surface area contributed by atoms with Crippen LogP contribution < -0.4 is 0 Å². The highest BCUT2D eigenvalue weighted by Crippen LogP contribution is 2.41. The van der Waals surface area contributed by atoms with Crippen molar-refractivity contribution in [3.63, 3.8) is 0 Å². The third-order valence-electron chi connectivity index (χ3n) is 2.40. The molecule has 1 rings (SSSR count). The second-order valence-corrected chi connectivity index (χ2v) is 3.65. The van der Waals surface area contributed by atoms with E-state index < -0.39 is 29.7 Å². The van der Waals surface area contributed by atoms with Crippen molar-refractivity contribution in [3.8, 4) is 0 Å². The predicted octanol–water partition coefficient (Wildman–Crippen LogP) is 2.46. The minimum absolute atomic E-state index is 0.329. The summed E-state index contributed by atoms with van der Waals surface area (Å²) in [6, 6.07) is 0. The molecule has 0 amide bonds. The Labute approximate surface area is 99.5 Å². The predicted molar refractivity (Wildman–Crippen MR) is 50.1 cm³/mol. The fourth-order valence-electron chi connectivity index (χ4n) is 1.24. The van der Waals surface area contributed by atoms with Gasteiger partial charge in [-0.05, 0) is 6.92 Å². The highest BCUT2D eigenvalue weighted by atomic mass is 19.4. The standard InChI is InChI=1S/C10H11F5O3/c1-2-7(9(11,12)10(13,14)15)8(16)18-5-6-3-4-17-6/h2,6H,3-5H2,1H3. The van der Waals surface area contributed by atoms with Crippen LogP contribution in [0.2, 0.25) is 0 Å². The van der Waals surface area contributed by atoms with Gasteiger partial charge in [-0.15, -0.1) is 0 Å². The average molecular weight is 274 g/mol. The zero-order valence-corrected chi connectivity index (χ0v) is 9.39. The first-order chi connectivity index (χ1) is 8.20. The van der Waals surface area contributed by atoms with Crippen LogP contribution in [-0.4, -0.2) is 37.4 Å². The third-order valence-corrected chi connectivity index (χ3v) is 2.40. The topological polar surface area (TPSA) is 35.5 Å². The van der Waals surface area contributed by atoms with Crippen LogP contribution in [0.25, 0.3) is 0 Å². The fraction of sp³-hybridized carbons (Fsp3) is 0.700. The number of hydrogen-bond acceptors (Lipinski definition) is 3. The lowest BCUT2D eigenvalue weighted by Crippen LogP contribution is -2.42. The van der Waals surface area contributed by atoms with Crippen LogP contribution in [0.3, 0.4) is 0 Å². The van der Waals surface area contributed by atoms with Gasteiger partial charge in [0.05, 0.1) is 6.10 Å². The first-order valence-electron chi connectivity index (χ1n) is 5.10. The number of ether oxygens (including phenoxy) is 2. The zero-order valence-electron chi connectivity index (χ0n) is 9.39. The molecule has 0 bridgehead atoms. The molecule has 1 aliphatic heterocycles. The summed E-state index contributed by atoms with van der Waals surface area (Å²) in [7, 11) is 0. The lowest BCUT2D eigenvalue weighted by atomic mass is 10.1. The summed E-state index contributed by atoms with van der Waals surface area (Å²) in [5, 5.41) is 0. The highest BCUT2D eigenvalue weighted by molar-refractivity contribution is 5.90. The van der Waals surface area contributed by atoms with Crippen molar-refractivity contribution < 1.29 is 36.2 Å². The molecule has 0 radical (unpaired) electrons. The number of alkyl halides is 5. The lowest BCUT2D eigenvalue weighted by Gasteiger charge is -2.27. The molecule has 1 heterocycles. The molecule has 0 spiro atoms. The van der Waals surface area contributed by atoms with Crippen molar-refractivity contribution in [1.82, 2.24) is 0 Å². The van der Waals surface area contributed by atoms with E-state index in [1.54, 1.807) is 0 Å². The van der Waals surface area contributed by atoms with Crippen LogP contribution >= 0.6 is 0 Å². The monoisotopic (exact) mass is 274 g/mol. The molecule has 8 heteroatoms. The van der Waals surface area contributed by atoms with Crippen LogP contribution in [0.5, 0.6) is 0 Å². The second kappa shape index (κ2) is 5.21. The number of esters is 1. The summed E-state index contributed by atoms with van der Waals surface area (Å²) in [5.41, 5.74) is -1.71. The van der Waals surface area contributed by atoms with Crippen LogP contribution in [0.4, 0.5) is 22.0 Å². The molecule has 0 aliphatic carbocycles. The van der Waals surface area contributed by atoms with E-state index in [9.17, 15) is 26.7 Å². The van der Waals surface area contributed by atoms with Crippen molar-refractivity contribution in [2.75, 3.05) is 13.2 Å². The van der Waals surface area contributed by atoms with Gasteiger partial charge in [0.15, 0.2) is 0 Å². The van der Waals surface area contributed by atoms with Crippen LogP contribution in [0, 0.1) is 0 Å². The third kappa shape index (κ3) is 2.98. The van der Waals surface area contributed by atoms with Gasteiger partial charge in [-0.1, -0.05) is 6.08 Å². The Morgan fingerprint density at radius 3 is 2.28 bits per heavy atom. The molecule has 3 nitrogen and oxygen atoms in total. The van der Waals surface area contributed by atoms with Gasteiger partial charge in [-0.25, -0.2) is 4.79 Å². The Kier molecular flexibility index (Phi) is 4.31. The first-order valence-corrected chi connectivity index (χ1v) is 5.10. The van der Waals surface area contributed by atoms with Gasteiger partial charge >= 0.3 is 18.1 Å². The summed E-state index contributed by atoms with van der Waals surface area (Å²) in [6.45, 7) is 1.04. The van der Waals surface area contributed by atoms with Crippen molar-refractivity contribution >= 4 is 5.97 Å². The fourth-order valence-corrected chi connectivity index (χ4v) is 1.24. The molecule has 104 valence electrons. The van der Waals surface area contributed by atoms with Gasteiger partial charge in [0.1, 0.15) is 12.2 Å². The van der Waals surface area contributed by atoms with Crippen LogP contribution in [0.1, 0.15) is 13.3 Å². The second-order valence-electron chi connectivity index (χ2n) is 3.65. The Balaban J connectivity index is 2.67. The summed E-state index contributed by atoms with van der Waals surface area (Å²) < 4.78 is 71.3. The molecular formula is C10H11F5O3. The van der Waals surface area contributed by atoms with Crippen molar-refractivity contribution in [2.45, 2.75) is 31.5 Å². The SMILES string of the molecule is CC=C(C(=O)OCC1CCO1)C(F)(F)C(F)(F)F. The molecule has 0 aromatic heterocycles. The molecule has 1 saturated heterocycles. The molecule has 1 atom stereocenters. The summed E-state index contributed by atoms with van der Waals surface area (Å²) in [6.07, 6.45) is -5.28. The van der Waals surface area contributed by atoms with E-state index in [0.29, 0.717) is 19.1 Å². The summed E-state index contributed by atoms with van der Waals surface area (Å²) in [4.78, 5) is 11.2. The van der Waals surface area contributed by atoms with Gasteiger partial charge in [-0.3, -0.25) is 0 Å². The molecule has 0 aromatic rings. The number of hydrogen-bond donors (Lipinski definition) is 0. The minimum Gasteiger partial charge on any atom is -0.459 e. The Morgan fingerprint density at radius 2 is 1.94 bits per heavy atom. The molecule has 1 aliphatic rings. The van der Waals surface area contributed by atoms with Gasteiger partial charge < -0.3 is 9.47 Å². The average Bonchev–Trinajstić information content (AvgIpc) is 2.13. The maximum absolute atomic E-state index is 12.9. The summed E-state index contributed by atoms with van der Waals surface area (Å²) >= 11 is 0. The number of allylic oxidation sites excluding steroid dienone is 1. The largest absolute Gasteiger partial charge is 0.459 e. The Morgan fingerprint density at radius 1 is 1.39 bits per heavy atom. The Hall–Kier alpha value is -1.18. The molecule has 0 saturated carbocycles. The van der Waals surface area contributed by atoms with E-state index in [1.165, 1.54) is 0 Å². The molecule has 0 N–H and O–H groups in total. The first kappa shape index (κ1) is 14.9. The van der Waals surface area contributed by atoms with Gasteiger partial charge in [0, 0.05) is 13.0 Å². The quantitative estimate of drug-likeness (QED) is 0.449. The van der Waals surface area contributed by atoms with Gasteiger partial charge in [0.2, 0.25) is 0 Å². The van der Waals surface area contributed by atoms with Crippen molar-refractivity contribution in [2.24, 2.45) is 0 Å². The minimum atomic E-state index is -5.83. The summed E-state index contributed by atoms with van der Waals surface area (Å²) in [5.74, 6) is -6.91. The lowest BCUT2D eigenvalue weighted by molar-refractivity contribution is -0.265. The molecular weight excluding hydrogens is 263 g/mol. The van der Waals surface area contributed by atoms with E-state index >= 15 is 0 Å². The van der Waals surface area contributed by atoms with Crippen LogP contribution in [0.15, 0.2) is 11.6 Å². The van der Waals surface area contributed by atoms with Crippen LogP contribution in [-0.2, 0) is 14.3 Å². The molecule has 0 aromatic carbocycles. The van der Waals surface area contributed by atoms with Crippen molar-refractivity contribution in [3.05, 3.63) is 11.6 Å². The van der Waals surface area contributed by atoms with E-state index in [1.807, 2.05) is 0 Å².